The lowest BCUT2D eigenvalue weighted by molar-refractivity contribution is -0.351. The molecule has 0 bridgehead atoms. The monoisotopic (exact) mass is 435 g/mol. The highest BCUT2D eigenvalue weighted by Gasteiger charge is 2.29. The molecular formula is C23H29N7O2. The Kier molecular flexibility index (Phi) is 6.81. The van der Waals surface area contributed by atoms with Crippen LogP contribution in [0.25, 0.3) is 11.3 Å². The lowest BCUT2D eigenvalue weighted by atomic mass is 10.1. The molecule has 5 N–H and O–H groups in total. The van der Waals surface area contributed by atoms with E-state index in [4.69, 9.17) is 21.1 Å². The van der Waals surface area contributed by atoms with Crippen LogP contribution in [0.5, 0.6) is 0 Å². The molecule has 32 heavy (non-hydrogen) atoms. The van der Waals surface area contributed by atoms with E-state index in [1.54, 1.807) is 0 Å². The zero-order valence-electron chi connectivity index (χ0n) is 18.2. The van der Waals surface area contributed by atoms with Crippen LogP contribution < -0.4 is 11.3 Å². The van der Waals surface area contributed by atoms with Crippen molar-refractivity contribution in [1.82, 2.24) is 25.5 Å². The molecule has 1 saturated heterocycles. The number of nitrogens with zero attached hydrogens (tertiary/aromatic N) is 3. The molecule has 2 aromatic rings. The highest BCUT2D eigenvalue weighted by Crippen LogP contribution is 2.36. The summed E-state index contributed by atoms with van der Waals surface area (Å²) >= 11 is 0. The molecule has 1 atom stereocenters. The Balaban J connectivity index is 1.47. The van der Waals surface area contributed by atoms with Gasteiger partial charge in [-0.2, -0.15) is 0 Å². The van der Waals surface area contributed by atoms with E-state index in [9.17, 15) is 0 Å². The first-order valence-corrected chi connectivity index (χ1v) is 10.6. The van der Waals surface area contributed by atoms with E-state index in [1.165, 1.54) is 7.11 Å². The molecule has 0 aliphatic carbocycles. The number of aromatic amines is 1. The fourth-order valence-electron chi connectivity index (χ4n) is 4.06. The van der Waals surface area contributed by atoms with E-state index in [-0.39, 0.29) is 11.9 Å². The first-order valence-electron chi connectivity index (χ1n) is 10.6. The molecule has 0 saturated carbocycles. The highest BCUT2D eigenvalue weighted by atomic mass is 17.3. The van der Waals surface area contributed by atoms with Crippen LogP contribution in [0.1, 0.15) is 41.5 Å². The van der Waals surface area contributed by atoms with Crippen molar-refractivity contribution >= 4 is 17.1 Å². The van der Waals surface area contributed by atoms with Crippen molar-refractivity contribution < 1.29 is 9.88 Å². The van der Waals surface area contributed by atoms with Gasteiger partial charge in [0.2, 0.25) is 0 Å². The van der Waals surface area contributed by atoms with Gasteiger partial charge in [-0.25, -0.2) is 14.9 Å². The molecule has 4 rings (SSSR count). The Hall–Kier alpha value is -3.24. The molecule has 2 aliphatic rings. The number of rotatable bonds is 8. The van der Waals surface area contributed by atoms with Crippen molar-refractivity contribution in [2.45, 2.75) is 18.9 Å². The van der Waals surface area contributed by atoms with Gasteiger partial charge in [-0.3, -0.25) is 5.41 Å². The second-order valence-corrected chi connectivity index (χ2v) is 7.78. The third-order valence-corrected chi connectivity index (χ3v) is 5.76. The minimum atomic E-state index is 0.0660. The van der Waals surface area contributed by atoms with E-state index in [1.807, 2.05) is 35.5 Å². The summed E-state index contributed by atoms with van der Waals surface area (Å²) in [5.41, 5.74) is 13.0. The zero-order chi connectivity index (χ0) is 22.5. The number of nitrogens with two attached hydrogens (primary N) is 1. The van der Waals surface area contributed by atoms with Crippen molar-refractivity contribution in [3.05, 3.63) is 77.9 Å². The molecule has 0 spiro atoms. The number of likely N-dealkylation sites (tertiary alicyclic amines) is 1. The number of aromatic nitrogens is 2. The third kappa shape index (κ3) is 4.81. The summed E-state index contributed by atoms with van der Waals surface area (Å²) in [5.74, 6) is 1.01. The van der Waals surface area contributed by atoms with Crippen LogP contribution in [0.3, 0.4) is 0 Å². The van der Waals surface area contributed by atoms with Gasteiger partial charge >= 0.3 is 0 Å². The molecule has 3 heterocycles. The molecule has 1 fully saturated rings. The molecule has 1 aromatic carbocycles. The average molecular weight is 436 g/mol. The summed E-state index contributed by atoms with van der Waals surface area (Å²) in [6, 6.07) is 7.80. The van der Waals surface area contributed by atoms with Gasteiger partial charge in [-0.1, -0.05) is 49.1 Å². The van der Waals surface area contributed by atoms with Crippen LogP contribution in [0.4, 0.5) is 0 Å². The third-order valence-electron chi connectivity index (χ3n) is 5.76. The highest BCUT2D eigenvalue weighted by molar-refractivity contribution is 5.95. The SMILES string of the molecule is C=C(c1ccc(C(=N)N)cc1)N1CCCC1c1ncc(C2=CCN(NOOC)CC=C2)[nH]1. The standard InChI is InChI=1S/C23H29N7O2/c1-16(17-7-9-19(10-8-17)22(24)25)30-13-4-6-21(30)23-26-15-20(27-23)18-5-3-12-29(14-11-18)28-32-31-2/h3,5,7-11,15,21,28H,1,4,6,12-14H2,2H3,(H3,24,25)(H,26,27). The van der Waals surface area contributed by atoms with Crippen LogP contribution in [-0.2, 0) is 9.88 Å². The Morgan fingerprint density at radius 2 is 2.06 bits per heavy atom. The fourth-order valence-corrected chi connectivity index (χ4v) is 4.06. The molecule has 9 heteroatoms. The summed E-state index contributed by atoms with van der Waals surface area (Å²) in [7, 11) is 1.45. The summed E-state index contributed by atoms with van der Waals surface area (Å²) < 4.78 is 0. The van der Waals surface area contributed by atoms with Crippen molar-refractivity contribution in [1.29, 1.82) is 5.41 Å². The normalized spacial score (nSPS) is 19.1. The Bertz CT molecular complexity index is 1030. The van der Waals surface area contributed by atoms with Gasteiger partial charge in [0.1, 0.15) is 11.7 Å². The van der Waals surface area contributed by atoms with Gasteiger partial charge in [0.05, 0.1) is 25.0 Å². The van der Waals surface area contributed by atoms with Crippen molar-refractivity contribution in [3.8, 4) is 0 Å². The first-order chi connectivity index (χ1) is 15.6. The molecule has 0 amide bonds. The van der Waals surface area contributed by atoms with Crippen LogP contribution in [-0.4, -0.2) is 52.5 Å². The number of H-pyrrole nitrogens is 1. The maximum Gasteiger partial charge on any atom is 0.129 e. The zero-order valence-corrected chi connectivity index (χ0v) is 18.2. The van der Waals surface area contributed by atoms with Gasteiger partial charge in [0, 0.05) is 30.9 Å². The fraction of sp³-hybridized carbons (Fsp3) is 0.304. The number of benzene rings is 1. The second-order valence-electron chi connectivity index (χ2n) is 7.78. The number of nitrogens with one attached hydrogen (secondary N) is 3. The summed E-state index contributed by atoms with van der Waals surface area (Å²) in [4.78, 5) is 19.9. The Labute approximate surface area is 187 Å². The van der Waals surface area contributed by atoms with Crippen molar-refractivity contribution in [3.63, 3.8) is 0 Å². The minimum absolute atomic E-state index is 0.0660. The van der Waals surface area contributed by atoms with Crippen LogP contribution in [0.2, 0.25) is 0 Å². The number of imidazole rings is 1. The predicted molar refractivity (Wildman–Crippen MR) is 124 cm³/mol. The van der Waals surface area contributed by atoms with E-state index in [0.29, 0.717) is 18.7 Å². The molecular weight excluding hydrogens is 406 g/mol. The predicted octanol–water partition coefficient (Wildman–Crippen LogP) is 2.75. The topological polar surface area (TPSA) is 116 Å². The number of hydrogen-bond donors (Lipinski definition) is 4. The van der Waals surface area contributed by atoms with E-state index < -0.39 is 0 Å². The lowest BCUT2D eigenvalue weighted by Crippen LogP contribution is -2.37. The Morgan fingerprint density at radius 3 is 2.81 bits per heavy atom. The molecule has 168 valence electrons. The smallest absolute Gasteiger partial charge is 0.129 e. The maximum atomic E-state index is 7.57. The van der Waals surface area contributed by atoms with Gasteiger partial charge in [0.25, 0.3) is 0 Å². The molecule has 0 radical (unpaired) electrons. The average Bonchev–Trinajstić information content (AvgIpc) is 3.43. The number of hydrogen-bond acceptors (Lipinski definition) is 7. The van der Waals surface area contributed by atoms with Crippen molar-refractivity contribution in [2.24, 2.45) is 5.73 Å². The number of nitrogen functional groups attached to an aromatic ring is 1. The molecule has 1 aromatic heterocycles. The van der Waals surface area contributed by atoms with Crippen LogP contribution >= 0.6 is 0 Å². The summed E-state index contributed by atoms with van der Waals surface area (Å²) in [6.45, 7) is 6.61. The quantitative estimate of drug-likeness (QED) is 0.218. The summed E-state index contributed by atoms with van der Waals surface area (Å²) in [6.07, 6.45) is 10.2. The largest absolute Gasteiger partial charge is 0.384 e. The number of hydrazine groups is 1. The van der Waals surface area contributed by atoms with E-state index in [0.717, 1.165) is 47.7 Å². The number of amidine groups is 1. The van der Waals surface area contributed by atoms with E-state index >= 15 is 0 Å². The van der Waals surface area contributed by atoms with Gasteiger partial charge in [-0.15, -0.1) is 10.6 Å². The van der Waals surface area contributed by atoms with Gasteiger partial charge in [0.15, 0.2) is 0 Å². The molecule has 1 unspecified atom stereocenters. The molecule has 9 nitrogen and oxygen atoms in total. The van der Waals surface area contributed by atoms with Crippen LogP contribution in [0, 0.1) is 5.41 Å². The minimum Gasteiger partial charge on any atom is -0.384 e. The Morgan fingerprint density at radius 1 is 1.28 bits per heavy atom. The first kappa shape index (κ1) is 22.0. The van der Waals surface area contributed by atoms with Gasteiger partial charge < -0.3 is 15.6 Å². The summed E-state index contributed by atoms with van der Waals surface area (Å²) in [5, 5.41) is 9.45. The maximum absolute atomic E-state index is 7.57. The number of allylic oxidation sites excluding steroid dienone is 2. The molecule has 2 aliphatic heterocycles. The van der Waals surface area contributed by atoms with E-state index in [2.05, 4.69) is 45.2 Å². The second kappa shape index (κ2) is 9.92. The lowest BCUT2D eigenvalue weighted by Gasteiger charge is -2.27. The van der Waals surface area contributed by atoms with Crippen molar-refractivity contribution in [2.75, 3.05) is 26.7 Å². The van der Waals surface area contributed by atoms with Gasteiger partial charge in [-0.05, 0) is 24.0 Å². The van der Waals surface area contributed by atoms with Crippen LogP contribution in [0.15, 0.2) is 55.3 Å².